The fourth-order valence-corrected chi connectivity index (χ4v) is 3.23. The molecule has 0 atom stereocenters. The average Bonchev–Trinajstić information content (AvgIpc) is 2.73. The van der Waals surface area contributed by atoms with Crippen LogP contribution in [0.4, 0.5) is 36.8 Å². The van der Waals surface area contributed by atoms with Crippen molar-refractivity contribution >= 4 is 40.8 Å². The van der Waals surface area contributed by atoms with Gasteiger partial charge in [0.05, 0.1) is 38.6 Å². The fraction of sp³-hybridized carbons (Fsp3) is 0.0952. The highest BCUT2D eigenvalue weighted by Gasteiger charge is 2.37. The second kappa shape index (κ2) is 10.0. The van der Waals surface area contributed by atoms with Crippen LogP contribution in [0.1, 0.15) is 21.5 Å². The van der Waals surface area contributed by atoms with Gasteiger partial charge in [-0.25, -0.2) is 9.78 Å². The molecule has 0 bridgehead atoms. The number of nitrogens with one attached hydrogen (secondary N) is 2. The number of benzene rings is 2. The fourth-order valence-electron chi connectivity index (χ4n) is 2.66. The zero-order valence-corrected chi connectivity index (χ0v) is 18.4. The highest BCUT2D eigenvalue weighted by atomic mass is 35.5. The topological polar surface area (TPSA) is 80.3 Å². The van der Waals surface area contributed by atoms with Gasteiger partial charge in [-0.15, -0.1) is 0 Å². The van der Waals surface area contributed by atoms with Crippen LogP contribution in [0, 0.1) is 0 Å². The summed E-state index contributed by atoms with van der Waals surface area (Å²) < 4.78 is 82.8. The van der Waals surface area contributed by atoms with Gasteiger partial charge in [0.1, 0.15) is 5.75 Å². The van der Waals surface area contributed by atoms with E-state index < -0.39 is 41.2 Å². The molecule has 6 nitrogen and oxygen atoms in total. The number of anilines is 1. The Morgan fingerprint density at radius 2 is 1.43 bits per heavy atom. The van der Waals surface area contributed by atoms with Gasteiger partial charge in [-0.3, -0.25) is 10.1 Å². The minimum absolute atomic E-state index is 0.00856. The van der Waals surface area contributed by atoms with E-state index in [2.05, 4.69) is 10.3 Å². The second-order valence-electron chi connectivity index (χ2n) is 6.73. The Labute approximate surface area is 202 Å². The molecule has 0 saturated carbocycles. The first-order chi connectivity index (χ1) is 16.2. The Kier molecular flexibility index (Phi) is 7.46. The average molecular weight is 538 g/mol. The van der Waals surface area contributed by atoms with Crippen molar-refractivity contribution in [3.63, 3.8) is 0 Å². The van der Waals surface area contributed by atoms with Crippen molar-refractivity contribution < 1.29 is 40.7 Å². The van der Waals surface area contributed by atoms with Crippen LogP contribution in [0.15, 0.2) is 54.7 Å². The van der Waals surface area contributed by atoms with Crippen LogP contribution in [0.25, 0.3) is 0 Å². The molecule has 14 heteroatoms. The molecule has 0 aliphatic rings. The quantitative estimate of drug-likeness (QED) is 0.345. The summed E-state index contributed by atoms with van der Waals surface area (Å²) in [5, 5.41) is 4.27. The SMILES string of the molecule is O=C(NC(=O)c1c(Cl)cccc1Cl)Nc1ccc(Oc2cc(C(F)(F)F)cc(C(F)(F)F)c2)nc1. The number of alkyl halides is 6. The molecule has 35 heavy (non-hydrogen) atoms. The summed E-state index contributed by atoms with van der Waals surface area (Å²) in [5.74, 6) is -2.00. The van der Waals surface area contributed by atoms with Gasteiger partial charge in [0, 0.05) is 6.07 Å². The number of pyridine rings is 1. The smallest absolute Gasteiger partial charge is 0.416 e. The Hall–Kier alpha value is -3.51. The molecule has 0 unspecified atom stereocenters. The van der Waals surface area contributed by atoms with Gasteiger partial charge in [-0.05, 0) is 36.4 Å². The third-order valence-corrected chi connectivity index (χ3v) is 4.82. The molecule has 0 aliphatic carbocycles. The molecule has 2 N–H and O–H groups in total. The highest BCUT2D eigenvalue weighted by Crippen LogP contribution is 2.39. The van der Waals surface area contributed by atoms with Crippen molar-refractivity contribution in [1.82, 2.24) is 10.3 Å². The van der Waals surface area contributed by atoms with E-state index >= 15 is 0 Å². The molecule has 3 amide bonds. The Bertz CT molecular complexity index is 1210. The van der Waals surface area contributed by atoms with Crippen molar-refractivity contribution in [3.05, 3.63) is 81.5 Å². The third-order valence-electron chi connectivity index (χ3n) is 4.19. The number of hydrogen-bond acceptors (Lipinski definition) is 4. The molecular weight excluding hydrogens is 527 g/mol. The lowest BCUT2D eigenvalue weighted by molar-refractivity contribution is -0.143. The van der Waals surface area contributed by atoms with Crippen LogP contribution in [0.2, 0.25) is 10.0 Å². The zero-order chi connectivity index (χ0) is 26.0. The maximum Gasteiger partial charge on any atom is 0.416 e. The number of nitrogens with zero attached hydrogens (tertiary/aromatic N) is 1. The van der Waals surface area contributed by atoms with Gasteiger partial charge in [0.25, 0.3) is 5.91 Å². The van der Waals surface area contributed by atoms with Crippen molar-refractivity contribution in [1.29, 1.82) is 0 Å². The molecule has 1 aromatic heterocycles. The molecule has 0 fully saturated rings. The number of urea groups is 1. The number of aromatic nitrogens is 1. The van der Waals surface area contributed by atoms with Crippen molar-refractivity contribution in [2.45, 2.75) is 12.4 Å². The summed E-state index contributed by atoms with van der Waals surface area (Å²) in [6, 6.07) is 6.31. The first-order valence-corrected chi connectivity index (χ1v) is 9.99. The number of amides is 3. The monoisotopic (exact) mass is 537 g/mol. The number of rotatable bonds is 4. The Morgan fingerprint density at radius 3 is 1.91 bits per heavy atom. The lowest BCUT2D eigenvalue weighted by atomic mass is 10.1. The lowest BCUT2D eigenvalue weighted by Crippen LogP contribution is -2.34. The predicted molar refractivity (Wildman–Crippen MR) is 114 cm³/mol. The number of halogens is 8. The van der Waals surface area contributed by atoms with E-state index in [4.69, 9.17) is 27.9 Å². The highest BCUT2D eigenvalue weighted by molar-refractivity contribution is 6.40. The largest absolute Gasteiger partial charge is 0.439 e. The first kappa shape index (κ1) is 26.1. The van der Waals surface area contributed by atoms with E-state index in [1.54, 1.807) is 0 Å². The maximum absolute atomic E-state index is 13.0. The Balaban J connectivity index is 1.71. The standard InChI is InChI=1S/C21H11Cl2F6N3O3/c22-14-2-1-3-15(23)17(14)18(33)32-19(34)31-12-4-5-16(30-9-12)35-13-7-10(20(24,25)26)6-11(8-13)21(27,28)29/h1-9H,(H2,31,32,33,34). The van der Waals surface area contributed by atoms with Crippen LogP contribution in [0.3, 0.4) is 0 Å². The van der Waals surface area contributed by atoms with Crippen LogP contribution < -0.4 is 15.4 Å². The van der Waals surface area contributed by atoms with Gasteiger partial charge in [0.2, 0.25) is 5.88 Å². The summed E-state index contributed by atoms with van der Waals surface area (Å²) in [7, 11) is 0. The summed E-state index contributed by atoms with van der Waals surface area (Å²) in [4.78, 5) is 28.0. The van der Waals surface area contributed by atoms with Crippen LogP contribution in [-0.2, 0) is 12.4 Å². The van der Waals surface area contributed by atoms with Gasteiger partial charge >= 0.3 is 18.4 Å². The van der Waals surface area contributed by atoms with Gasteiger partial charge in [0.15, 0.2) is 0 Å². The molecule has 2 aromatic carbocycles. The van der Waals surface area contributed by atoms with Crippen molar-refractivity contribution in [2.24, 2.45) is 0 Å². The van der Waals surface area contributed by atoms with E-state index in [-0.39, 0.29) is 33.2 Å². The second-order valence-corrected chi connectivity index (χ2v) is 7.55. The van der Waals surface area contributed by atoms with Crippen LogP contribution in [0.5, 0.6) is 11.6 Å². The normalized spacial score (nSPS) is 11.7. The molecule has 0 saturated heterocycles. The number of carbonyl (C=O) groups is 2. The van der Waals surface area contributed by atoms with E-state index in [9.17, 15) is 35.9 Å². The minimum Gasteiger partial charge on any atom is -0.439 e. The lowest BCUT2D eigenvalue weighted by Gasteiger charge is -2.14. The van der Waals surface area contributed by atoms with Gasteiger partial charge < -0.3 is 10.1 Å². The van der Waals surface area contributed by atoms with Gasteiger partial charge in [-0.2, -0.15) is 26.3 Å². The molecule has 3 aromatic rings. The summed E-state index contributed by atoms with van der Waals surface area (Å²) in [6.45, 7) is 0. The van der Waals surface area contributed by atoms with E-state index in [0.717, 1.165) is 12.3 Å². The molecule has 1 heterocycles. The van der Waals surface area contributed by atoms with E-state index in [1.165, 1.54) is 24.3 Å². The molecular formula is C21H11Cl2F6N3O3. The number of imide groups is 1. The minimum atomic E-state index is -5.04. The number of carbonyl (C=O) groups excluding carboxylic acids is 2. The zero-order valence-electron chi connectivity index (χ0n) is 16.9. The van der Waals surface area contributed by atoms with Crippen molar-refractivity contribution in [3.8, 4) is 11.6 Å². The molecule has 0 radical (unpaired) electrons. The molecule has 184 valence electrons. The molecule has 3 rings (SSSR count). The molecule has 0 aliphatic heterocycles. The first-order valence-electron chi connectivity index (χ1n) is 9.24. The number of hydrogen-bond donors (Lipinski definition) is 2. The molecule has 0 spiro atoms. The predicted octanol–water partition coefficient (Wildman–Crippen LogP) is 7.18. The summed E-state index contributed by atoms with van der Waals surface area (Å²) in [6.07, 6.45) is -9.08. The Morgan fingerprint density at radius 1 is 0.857 bits per heavy atom. The van der Waals surface area contributed by atoms with Crippen molar-refractivity contribution in [2.75, 3.05) is 5.32 Å². The number of ether oxygens (including phenoxy) is 1. The van der Waals surface area contributed by atoms with Crippen LogP contribution >= 0.6 is 23.2 Å². The van der Waals surface area contributed by atoms with Gasteiger partial charge in [-0.1, -0.05) is 29.3 Å². The summed E-state index contributed by atoms with van der Waals surface area (Å²) in [5.41, 5.74) is -3.22. The summed E-state index contributed by atoms with van der Waals surface area (Å²) >= 11 is 11.8. The third kappa shape index (κ3) is 6.76. The maximum atomic E-state index is 13.0. The van der Waals surface area contributed by atoms with E-state index in [0.29, 0.717) is 12.1 Å². The van der Waals surface area contributed by atoms with E-state index in [1.807, 2.05) is 5.32 Å². The van der Waals surface area contributed by atoms with Crippen LogP contribution in [-0.4, -0.2) is 16.9 Å².